The predicted molar refractivity (Wildman–Crippen MR) is 157 cm³/mol. The highest BCUT2D eigenvalue weighted by Crippen LogP contribution is 2.49. The minimum atomic E-state index is -0.116. The van der Waals surface area contributed by atoms with Crippen LogP contribution in [0.2, 0.25) is 5.02 Å². The first-order chi connectivity index (χ1) is 19.4. The standard InChI is InChI=1S/C30H34ClN5O3S/c1-17-27(32)30(15-39-17)9-6-19(7-10-30)20-2-3-21-23(12-20)34-35-28(21)40-24-5-4-22-25(26(24)31)29(37)36(16-33-22)13-18-8-11-38-14-18/h2-5,12,16-19,27H,6-11,13-15,32H2,1H3,(H,34,35)/t17-,18?,19?,27+,30?/m0/s1. The molecule has 210 valence electrons. The van der Waals surface area contributed by atoms with Crippen LogP contribution in [0.4, 0.5) is 0 Å². The van der Waals surface area contributed by atoms with Crippen LogP contribution in [0.3, 0.4) is 0 Å². The molecular formula is C30H34ClN5O3S. The summed E-state index contributed by atoms with van der Waals surface area (Å²) < 4.78 is 13.0. The van der Waals surface area contributed by atoms with Crippen molar-refractivity contribution in [3.8, 4) is 0 Å². The van der Waals surface area contributed by atoms with Gasteiger partial charge in [-0.05, 0) is 74.8 Å². The number of hydrogen-bond acceptors (Lipinski definition) is 7. The Labute approximate surface area is 242 Å². The first kappa shape index (κ1) is 26.5. The summed E-state index contributed by atoms with van der Waals surface area (Å²) in [7, 11) is 0. The average molecular weight is 580 g/mol. The Bertz CT molecular complexity index is 1620. The number of hydrogen-bond donors (Lipinski definition) is 2. The molecule has 2 aliphatic heterocycles. The van der Waals surface area contributed by atoms with E-state index >= 15 is 0 Å². The molecule has 4 aromatic rings. The van der Waals surface area contributed by atoms with Crippen LogP contribution in [0.5, 0.6) is 0 Å². The topological polar surface area (TPSA) is 108 Å². The molecule has 3 atom stereocenters. The average Bonchev–Trinajstić information content (AvgIpc) is 3.69. The number of H-pyrrole nitrogens is 1. The molecule has 7 rings (SSSR count). The molecule has 3 fully saturated rings. The van der Waals surface area contributed by atoms with Crippen molar-refractivity contribution in [2.24, 2.45) is 17.1 Å². The van der Waals surface area contributed by atoms with Gasteiger partial charge in [0.2, 0.25) is 0 Å². The molecule has 1 saturated carbocycles. The number of nitrogens with one attached hydrogen (secondary N) is 1. The summed E-state index contributed by atoms with van der Waals surface area (Å²) in [6.07, 6.45) is 7.18. The second-order valence-corrected chi connectivity index (χ2v) is 13.2. The third-order valence-electron chi connectivity index (χ3n) is 9.43. The molecule has 1 aliphatic carbocycles. The van der Waals surface area contributed by atoms with Gasteiger partial charge in [-0.25, -0.2) is 4.98 Å². The maximum Gasteiger partial charge on any atom is 0.262 e. The molecule has 0 amide bonds. The van der Waals surface area contributed by atoms with E-state index in [0.717, 1.165) is 66.1 Å². The van der Waals surface area contributed by atoms with Crippen LogP contribution in [0.15, 0.2) is 51.4 Å². The van der Waals surface area contributed by atoms with E-state index < -0.39 is 0 Å². The van der Waals surface area contributed by atoms with Gasteiger partial charge in [0.25, 0.3) is 5.56 Å². The van der Waals surface area contributed by atoms with Crippen LogP contribution in [-0.4, -0.2) is 51.7 Å². The van der Waals surface area contributed by atoms with Crippen molar-refractivity contribution in [1.82, 2.24) is 19.7 Å². The zero-order chi connectivity index (χ0) is 27.4. The smallest absolute Gasteiger partial charge is 0.262 e. The molecule has 2 aromatic heterocycles. The fourth-order valence-corrected chi connectivity index (χ4v) is 8.12. The summed E-state index contributed by atoms with van der Waals surface area (Å²) in [5.74, 6) is 0.833. The SMILES string of the molecule is C[C@@H]1OCC2(CCC(c3ccc4c(Sc5ccc6ncn(CC7CCOC7)c(=O)c6c5Cl)n[nH]c4c3)CC2)[C@@H]1N. The number of benzene rings is 2. The van der Waals surface area contributed by atoms with Crippen LogP contribution in [-0.2, 0) is 16.0 Å². The van der Waals surface area contributed by atoms with Crippen molar-refractivity contribution in [3.63, 3.8) is 0 Å². The molecule has 40 heavy (non-hydrogen) atoms. The van der Waals surface area contributed by atoms with E-state index in [9.17, 15) is 4.79 Å². The van der Waals surface area contributed by atoms with E-state index in [2.05, 4.69) is 40.3 Å². The molecule has 1 unspecified atom stereocenters. The van der Waals surface area contributed by atoms with Crippen LogP contribution in [0.25, 0.3) is 21.8 Å². The van der Waals surface area contributed by atoms with E-state index in [1.54, 1.807) is 10.9 Å². The molecule has 8 nitrogen and oxygen atoms in total. The number of nitrogens with zero attached hydrogens (tertiary/aromatic N) is 3. The van der Waals surface area contributed by atoms with Gasteiger partial charge in [0.1, 0.15) is 5.03 Å². The summed E-state index contributed by atoms with van der Waals surface area (Å²) in [6.45, 7) is 4.89. The first-order valence-electron chi connectivity index (χ1n) is 14.2. The summed E-state index contributed by atoms with van der Waals surface area (Å²) in [5.41, 5.74) is 9.50. The Morgan fingerprint density at radius 2 is 2.08 bits per heavy atom. The van der Waals surface area contributed by atoms with Crippen molar-refractivity contribution in [2.45, 2.75) is 73.6 Å². The zero-order valence-electron chi connectivity index (χ0n) is 22.6. The molecule has 3 aliphatic rings. The van der Waals surface area contributed by atoms with Gasteiger partial charge >= 0.3 is 0 Å². The molecule has 10 heteroatoms. The highest BCUT2D eigenvalue weighted by atomic mass is 35.5. The summed E-state index contributed by atoms with van der Waals surface area (Å²) in [4.78, 5) is 18.7. The van der Waals surface area contributed by atoms with Gasteiger partial charge in [0.15, 0.2) is 0 Å². The van der Waals surface area contributed by atoms with E-state index in [4.69, 9.17) is 26.8 Å². The predicted octanol–water partition coefficient (Wildman–Crippen LogP) is 5.50. The first-order valence-corrected chi connectivity index (χ1v) is 15.4. The van der Waals surface area contributed by atoms with Crippen LogP contribution in [0.1, 0.15) is 50.5 Å². The van der Waals surface area contributed by atoms with E-state index in [0.29, 0.717) is 40.9 Å². The van der Waals surface area contributed by atoms with Gasteiger partial charge < -0.3 is 15.2 Å². The Morgan fingerprint density at radius 3 is 2.83 bits per heavy atom. The number of nitrogens with two attached hydrogens (primary N) is 1. The van der Waals surface area contributed by atoms with Gasteiger partial charge in [-0.15, -0.1) is 0 Å². The van der Waals surface area contributed by atoms with E-state index in [-0.39, 0.29) is 23.1 Å². The Hall–Kier alpha value is -2.43. The monoisotopic (exact) mass is 579 g/mol. The van der Waals surface area contributed by atoms with Gasteiger partial charge in [0, 0.05) is 40.8 Å². The summed E-state index contributed by atoms with van der Waals surface area (Å²) >= 11 is 8.32. The molecule has 4 heterocycles. The van der Waals surface area contributed by atoms with Gasteiger partial charge in [0.05, 0.1) is 47.1 Å². The normalized spacial score (nSPS) is 28.8. The lowest BCUT2D eigenvalue weighted by Crippen LogP contribution is -2.45. The molecule has 1 spiro atoms. The number of ether oxygens (including phenoxy) is 2. The quantitative estimate of drug-likeness (QED) is 0.321. The molecule has 2 aromatic carbocycles. The van der Waals surface area contributed by atoms with Crippen molar-refractivity contribution < 1.29 is 9.47 Å². The third-order valence-corrected chi connectivity index (χ3v) is 11.0. The second-order valence-electron chi connectivity index (χ2n) is 11.8. The number of rotatable bonds is 5. The molecule has 3 N–H and O–H groups in total. The number of aromatic amines is 1. The van der Waals surface area contributed by atoms with Crippen molar-refractivity contribution in [1.29, 1.82) is 0 Å². The van der Waals surface area contributed by atoms with Crippen LogP contribution < -0.4 is 11.3 Å². The van der Waals surface area contributed by atoms with Crippen LogP contribution >= 0.6 is 23.4 Å². The maximum atomic E-state index is 13.4. The van der Waals surface area contributed by atoms with Crippen molar-refractivity contribution >= 4 is 45.2 Å². The number of aromatic nitrogens is 4. The zero-order valence-corrected chi connectivity index (χ0v) is 24.1. The third kappa shape index (κ3) is 4.56. The minimum Gasteiger partial charge on any atom is -0.381 e. The number of fused-ring (bicyclic) bond motifs is 2. The van der Waals surface area contributed by atoms with Gasteiger partial charge in [-0.1, -0.05) is 29.4 Å². The Morgan fingerprint density at radius 1 is 1.23 bits per heavy atom. The molecular weight excluding hydrogens is 546 g/mol. The Kier molecular flexibility index (Phi) is 6.91. The Balaban J connectivity index is 1.11. The molecule has 0 radical (unpaired) electrons. The van der Waals surface area contributed by atoms with E-state index in [1.807, 2.05) is 12.1 Å². The van der Waals surface area contributed by atoms with E-state index in [1.165, 1.54) is 17.3 Å². The largest absolute Gasteiger partial charge is 0.381 e. The van der Waals surface area contributed by atoms with Gasteiger partial charge in [-0.2, -0.15) is 5.10 Å². The highest BCUT2D eigenvalue weighted by Gasteiger charge is 2.47. The fourth-order valence-electron chi connectivity index (χ4n) is 6.85. The molecule has 2 saturated heterocycles. The van der Waals surface area contributed by atoms with Crippen molar-refractivity contribution in [3.05, 3.63) is 57.6 Å². The molecule has 0 bridgehead atoms. The van der Waals surface area contributed by atoms with Crippen LogP contribution in [0, 0.1) is 11.3 Å². The second kappa shape index (κ2) is 10.4. The lowest BCUT2D eigenvalue weighted by atomic mass is 9.66. The van der Waals surface area contributed by atoms with Crippen molar-refractivity contribution in [2.75, 3.05) is 19.8 Å². The maximum absolute atomic E-state index is 13.4. The fraction of sp³-hybridized carbons (Fsp3) is 0.500. The summed E-state index contributed by atoms with van der Waals surface area (Å²) in [5, 5.41) is 10.6. The summed E-state index contributed by atoms with van der Waals surface area (Å²) in [6, 6.07) is 10.5. The lowest BCUT2D eigenvalue weighted by Gasteiger charge is -2.39. The van der Waals surface area contributed by atoms with Gasteiger partial charge in [-0.3, -0.25) is 14.5 Å². The highest BCUT2D eigenvalue weighted by molar-refractivity contribution is 7.99. The lowest BCUT2D eigenvalue weighted by molar-refractivity contribution is 0.0897. The number of halogens is 1. The minimum absolute atomic E-state index is 0.116.